The van der Waals surface area contributed by atoms with E-state index in [1.165, 1.54) is 18.4 Å². The highest BCUT2D eigenvalue weighted by atomic mass is 19.1. The van der Waals surface area contributed by atoms with Gasteiger partial charge in [-0.2, -0.15) is 0 Å². The number of benzene rings is 1. The van der Waals surface area contributed by atoms with Crippen LogP contribution in [0.5, 0.6) is 0 Å². The van der Waals surface area contributed by atoms with Crippen LogP contribution < -0.4 is 0 Å². The van der Waals surface area contributed by atoms with Gasteiger partial charge in [-0.3, -0.25) is 4.79 Å². The minimum Gasteiger partial charge on any atom is -0.458 e. The zero-order valence-corrected chi connectivity index (χ0v) is 12.1. The van der Waals surface area contributed by atoms with E-state index in [0.29, 0.717) is 23.3 Å². The third-order valence-electron chi connectivity index (χ3n) is 3.16. The van der Waals surface area contributed by atoms with Crippen molar-refractivity contribution in [3.63, 3.8) is 0 Å². The standard InChI is InChI=1S/C17H17FO3/c1-4-16(19)15(13-6-5-7-14(18)9-13)10-20-17-8-11(2)12(3)21-17/h5-10,17H,3-4H2,1-2H3/b15-10+. The summed E-state index contributed by atoms with van der Waals surface area (Å²) in [5.41, 5.74) is 1.70. The van der Waals surface area contributed by atoms with Crippen LogP contribution in [0.2, 0.25) is 0 Å². The summed E-state index contributed by atoms with van der Waals surface area (Å²) in [6, 6.07) is 5.85. The fraction of sp³-hybridized carbons (Fsp3) is 0.235. The number of carbonyl (C=O) groups excluding carboxylic acids is 1. The molecule has 110 valence electrons. The molecule has 1 aliphatic rings. The van der Waals surface area contributed by atoms with Crippen molar-refractivity contribution in [3.8, 4) is 0 Å². The number of ether oxygens (including phenoxy) is 2. The maximum Gasteiger partial charge on any atom is 0.260 e. The topological polar surface area (TPSA) is 35.5 Å². The zero-order valence-electron chi connectivity index (χ0n) is 12.1. The second-order valence-electron chi connectivity index (χ2n) is 4.71. The predicted molar refractivity (Wildman–Crippen MR) is 78.5 cm³/mol. The normalized spacial score (nSPS) is 18.2. The van der Waals surface area contributed by atoms with Crippen molar-refractivity contribution in [2.75, 3.05) is 0 Å². The van der Waals surface area contributed by atoms with E-state index in [1.54, 1.807) is 25.1 Å². The molecule has 0 amide bonds. The van der Waals surface area contributed by atoms with Gasteiger partial charge in [-0.25, -0.2) is 4.39 Å². The first kappa shape index (κ1) is 15.0. The SMILES string of the molecule is C=C1OC(O/C=C(/C(=O)CC)c2cccc(F)c2)C=C1C. The van der Waals surface area contributed by atoms with Crippen molar-refractivity contribution in [3.05, 3.63) is 65.9 Å². The molecule has 1 atom stereocenters. The Balaban J connectivity index is 2.23. The fourth-order valence-corrected chi connectivity index (χ4v) is 1.91. The van der Waals surface area contributed by atoms with Gasteiger partial charge < -0.3 is 9.47 Å². The Bertz CT molecular complexity index is 629. The van der Waals surface area contributed by atoms with E-state index < -0.39 is 12.1 Å². The third-order valence-corrected chi connectivity index (χ3v) is 3.16. The Hall–Kier alpha value is -2.36. The van der Waals surface area contributed by atoms with E-state index in [4.69, 9.17) is 9.47 Å². The molecule has 1 aromatic rings. The van der Waals surface area contributed by atoms with Crippen LogP contribution in [0.25, 0.3) is 5.57 Å². The third kappa shape index (κ3) is 3.60. The van der Waals surface area contributed by atoms with Gasteiger partial charge in [-0.15, -0.1) is 0 Å². The fourth-order valence-electron chi connectivity index (χ4n) is 1.91. The lowest BCUT2D eigenvalue weighted by Gasteiger charge is -2.12. The second-order valence-corrected chi connectivity index (χ2v) is 4.71. The van der Waals surface area contributed by atoms with Crippen molar-refractivity contribution in [2.24, 2.45) is 0 Å². The summed E-state index contributed by atoms with van der Waals surface area (Å²) in [6.07, 6.45) is 2.79. The first-order chi connectivity index (χ1) is 10.0. The highest BCUT2D eigenvalue weighted by Crippen LogP contribution is 2.24. The van der Waals surface area contributed by atoms with Crippen LogP contribution in [0.4, 0.5) is 4.39 Å². The van der Waals surface area contributed by atoms with Crippen molar-refractivity contribution in [1.82, 2.24) is 0 Å². The summed E-state index contributed by atoms with van der Waals surface area (Å²) in [4.78, 5) is 12.0. The Kier molecular flexibility index (Phi) is 4.58. The average molecular weight is 288 g/mol. The van der Waals surface area contributed by atoms with E-state index in [9.17, 15) is 9.18 Å². The molecule has 0 spiro atoms. The highest BCUT2D eigenvalue weighted by molar-refractivity contribution is 6.20. The van der Waals surface area contributed by atoms with Gasteiger partial charge in [0.25, 0.3) is 6.29 Å². The van der Waals surface area contributed by atoms with E-state index in [0.717, 1.165) is 5.57 Å². The predicted octanol–water partition coefficient (Wildman–Crippen LogP) is 3.98. The van der Waals surface area contributed by atoms with Crippen molar-refractivity contribution >= 4 is 11.4 Å². The van der Waals surface area contributed by atoms with Crippen LogP contribution in [0.3, 0.4) is 0 Å². The average Bonchev–Trinajstić information content (AvgIpc) is 2.77. The van der Waals surface area contributed by atoms with Crippen molar-refractivity contribution in [2.45, 2.75) is 26.6 Å². The lowest BCUT2D eigenvalue weighted by Crippen LogP contribution is -2.08. The first-order valence-electron chi connectivity index (χ1n) is 6.70. The molecule has 1 heterocycles. The maximum atomic E-state index is 13.3. The summed E-state index contributed by atoms with van der Waals surface area (Å²) in [6.45, 7) is 7.33. The van der Waals surface area contributed by atoms with E-state index >= 15 is 0 Å². The lowest BCUT2D eigenvalue weighted by molar-refractivity contribution is -0.113. The molecule has 0 saturated heterocycles. The molecule has 0 aromatic heterocycles. The van der Waals surface area contributed by atoms with Gasteiger partial charge >= 0.3 is 0 Å². The number of Topliss-reactive ketones (excluding diaryl/α,β-unsaturated/α-hetero) is 1. The number of ketones is 1. The molecule has 1 aromatic carbocycles. The van der Waals surface area contributed by atoms with Gasteiger partial charge in [0.2, 0.25) is 0 Å². The number of halogens is 1. The molecule has 0 fully saturated rings. The van der Waals surface area contributed by atoms with E-state index in [2.05, 4.69) is 6.58 Å². The summed E-state index contributed by atoms with van der Waals surface area (Å²) >= 11 is 0. The van der Waals surface area contributed by atoms with Crippen LogP contribution >= 0.6 is 0 Å². The molecule has 0 aliphatic carbocycles. The molecule has 0 N–H and O–H groups in total. The molecule has 1 unspecified atom stereocenters. The largest absolute Gasteiger partial charge is 0.458 e. The van der Waals surface area contributed by atoms with Gasteiger partial charge in [-0.05, 0) is 30.2 Å². The van der Waals surface area contributed by atoms with Crippen LogP contribution in [-0.4, -0.2) is 12.1 Å². The smallest absolute Gasteiger partial charge is 0.260 e. The van der Waals surface area contributed by atoms with E-state index in [-0.39, 0.29) is 5.78 Å². The molecule has 0 bridgehead atoms. The Morgan fingerprint density at radius 1 is 1.52 bits per heavy atom. The Morgan fingerprint density at radius 2 is 2.29 bits per heavy atom. The van der Waals surface area contributed by atoms with Crippen LogP contribution in [0, 0.1) is 5.82 Å². The molecular weight excluding hydrogens is 271 g/mol. The molecule has 21 heavy (non-hydrogen) atoms. The lowest BCUT2D eigenvalue weighted by atomic mass is 10.0. The zero-order chi connectivity index (χ0) is 15.4. The molecule has 2 rings (SSSR count). The van der Waals surface area contributed by atoms with Crippen LogP contribution in [0.15, 0.2) is 54.5 Å². The van der Waals surface area contributed by atoms with Gasteiger partial charge in [-0.1, -0.05) is 25.6 Å². The summed E-state index contributed by atoms with van der Waals surface area (Å²) in [7, 11) is 0. The molecule has 3 nitrogen and oxygen atoms in total. The molecule has 1 aliphatic heterocycles. The molecular formula is C17H17FO3. The van der Waals surface area contributed by atoms with Gasteiger partial charge in [0.1, 0.15) is 11.6 Å². The molecule has 4 heteroatoms. The Labute approximate surface area is 123 Å². The van der Waals surface area contributed by atoms with E-state index in [1.807, 2.05) is 6.92 Å². The van der Waals surface area contributed by atoms with Crippen LogP contribution in [-0.2, 0) is 14.3 Å². The minimum atomic E-state index is -0.606. The summed E-state index contributed by atoms with van der Waals surface area (Å²) in [5.74, 6) is 0.0178. The summed E-state index contributed by atoms with van der Waals surface area (Å²) in [5, 5.41) is 0. The maximum absolute atomic E-state index is 13.3. The van der Waals surface area contributed by atoms with Crippen molar-refractivity contribution in [1.29, 1.82) is 0 Å². The molecule has 0 radical (unpaired) electrons. The monoisotopic (exact) mass is 288 g/mol. The Morgan fingerprint density at radius 3 is 2.86 bits per heavy atom. The summed E-state index contributed by atoms with van der Waals surface area (Å²) < 4.78 is 24.1. The number of hydrogen-bond acceptors (Lipinski definition) is 3. The highest BCUT2D eigenvalue weighted by Gasteiger charge is 2.19. The number of hydrogen-bond donors (Lipinski definition) is 0. The number of rotatable bonds is 5. The first-order valence-corrected chi connectivity index (χ1v) is 6.70. The van der Waals surface area contributed by atoms with Crippen LogP contribution in [0.1, 0.15) is 25.8 Å². The van der Waals surface area contributed by atoms with Gasteiger partial charge in [0.15, 0.2) is 5.78 Å². The second kappa shape index (κ2) is 6.39. The quantitative estimate of drug-likeness (QED) is 0.607. The van der Waals surface area contributed by atoms with Crippen molar-refractivity contribution < 1.29 is 18.7 Å². The molecule has 0 saturated carbocycles. The minimum absolute atomic E-state index is 0.127. The van der Waals surface area contributed by atoms with Gasteiger partial charge in [0.05, 0.1) is 11.8 Å². The van der Waals surface area contributed by atoms with Gasteiger partial charge in [0, 0.05) is 12.5 Å². The number of carbonyl (C=O) groups is 1. The number of allylic oxidation sites excluding steroid dienone is 2.